The van der Waals surface area contributed by atoms with Gasteiger partial charge >= 0.3 is 0 Å². The normalized spacial score (nSPS) is 47.0. The molecule has 2 N–H and O–H groups in total. The summed E-state index contributed by atoms with van der Waals surface area (Å²) in [5, 5.41) is 19.7. The number of rotatable bonds is 2. The first kappa shape index (κ1) is 17.2. The van der Waals surface area contributed by atoms with Gasteiger partial charge < -0.3 is 10.2 Å². The second-order valence-electron chi connectivity index (χ2n) is 8.98. The van der Waals surface area contributed by atoms with E-state index in [0.29, 0.717) is 18.8 Å². The third kappa shape index (κ3) is 2.20. The Morgan fingerprint density at radius 3 is 2.72 bits per heavy atom. The van der Waals surface area contributed by atoms with Crippen LogP contribution in [0, 0.1) is 34.5 Å². The molecule has 0 aromatic carbocycles. The predicted molar refractivity (Wildman–Crippen MR) is 93.6 cm³/mol. The summed E-state index contributed by atoms with van der Waals surface area (Å²) in [5.41, 5.74) is 0.444. The molecule has 0 radical (unpaired) electrons. The fraction of sp³-hybridized carbons (Fsp3) is 0.714. The molecule has 4 rings (SSSR count). The Bertz CT molecular complexity index is 677. The van der Waals surface area contributed by atoms with Crippen LogP contribution in [-0.2, 0) is 9.59 Å². The Morgan fingerprint density at radius 2 is 2.00 bits per heavy atom. The summed E-state index contributed by atoms with van der Waals surface area (Å²) in [6.45, 7) is 3.95. The first-order valence-corrected chi connectivity index (χ1v) is 9.58. The zero-order chi connectivity index (χ0) is 18.0. The van der Waals surface area contributed by atoms with Crippen molar-refractivity contribution in [3.63, 3.8) is 0 Å². The highest BCUT2D eigenvalue weighted by Gasteiger charge is 2.62. The van der Waals surface area contributed by atoms with Crippen molar-refractivity contribution in [1.29, 1.82) is 0 Å². The molecule has 2 fully saturated rings. The minimum atomic E-state index is -0.818. The second kappa shape index (κ2) is 5.62. The van der Waals surface area contributed by atoms with Crippen molar-refractivity contribution in [1.82, 2.24) is 0 Å². The topological polar surface area (TPSA) is 74.6 Å². The second-order valence-corrected chi connectivity index (χ2v) is 8.98. The van der Waals surface area contributed by atoms with Crippen LogP contribution < -0.4 is 0 Å². The molecule has 4 aliphatic carbocycles. The van der Waals surface area contributed by atoms with Crippen LogP contribution in [0.15, 0.2) is 23.8 Å². The summed E-state index contributed by atoms with van der Waals surface area (Å²) >= 11 is 0. The minimum Gasteiger partial charge on any atom is -0.394 e. The van der Waals surface area contributed by atoms with Gasteiger partial charge in [0.2, 0.25) is 0 Å². The molecule has 0 heterocycles. The van der Waals surface area contributed by atoms with E-state index >= 15 is 0 Å². The lowest BCUT2D eigenvalue weighted by Crippen LogP contribution is -2.55. The maximum Gasteiger partial charge on any atom is 0.156 e. The van der Waals surface area contributed by atoms with Gasteiger partial charge in [0.25, 0.3) is 0 Å². The van der Waals surface area contributed by atoms with Crippen LogP contribution in [0.2, 0.25) is 0 Å². The van der Waals surface area contributed by atoms with E-state index in [1.807, 2.05) is 6.92 Å². The number of Topliss-reactive ketones (excluding diaryl/α,β-unsaturated/α-hetero) is 1. The number of carbonyl (C=O) groups is 2. The van der Waals surface area contributed by atoms with Gasteiger partial charge in [0.05, 0.1) is 12.7 Å². The molecule has 0 unspecified atom stereocenters. The summed E-state index contributed by atoms with van der Waals surface area (Å²) in [6.07, 6.45) is 8.92. The summed E-state index contributed by atoms with van der Waals surface area (Å²) in [4.78, 5) is 25.1. The van der Waals surface area contributed by atoms with Crippen LogP contribution in [0.25, 0.3) is 0 Å². The molecule has 0 saturated heterocycles. The molecule has 4 aliphatic rings. The molecule has 0 aromatic heterocycles. The Labute approximate surface area is 149 Å². The lowest BCUT2D eigenvalue weighted by atomic mass is 9.48. The van der Waals surface area contributed by atoms with Gasteiger partial charge in [-0.3, -0.25) is 9.59 Å². The summed E-state index contributed by atoms with van der Waals surface area (Å²) in [7, 11) is 0. The zero-order valence-electron chi connectivity index (χ0n) is 15.1. The van der Waals surface area contributed by atoms with E-state index in [0.717, 1.165) is 24.8 Å². The molecular formula is C21H28O4. The number of hydrogen-bond acceptors (Lipinski definition) is 4. The fourth-order valence-electron chi connectivity index (χ4n) is 6.50. The van der Waals surface area contributed by atoms with E-state index in [1.54, 1.807) is 6.08 Å². The third-order valence-electron chi connectivity index (χ3n) is 8.10. The van der Waals surface area contributed by atoms with Crippen molar-refractivity contribution >= 4 is 11.6 Å². The zero-order valence-corrected chi connectivity index (χ0v) is 15.1. The van der Waals surface area contributed by atoms with Crippen LogP contribution in [0.5, 0.6) is 0 Å². The molecule has 2 saturated carbocycles. The van der Waals surface area contributed by atoms with Gasteiger partial charge in [-0.05, 0) is 60.0 Å². The molecule has 4 nitrogen and oxygen atoms in total. The van der Waals surface area contributed by atoms with Crippen molar-refractivity contribution in [2.24, 2.45) is 34.5 Å². The molecule has 0 aromatic rings. The molecule has 0 aliphatic heterocycles. The first-order valence-electron chi connectivity index (χ1n) is 9.58. The monoisotopic (exact) mass is 344 g/mol. The smallest absolute Gasteiger partial charge is 0.156 e. The van der Waals surface area contributed by atoms with Crippen molar-refractivity contribution in [3.8, 4) is 0 Å². The Morgan fingerprint density at radius 1 is 1.24 bits per heavy atom. The Kier molecular flexibility index (Phi) is 3.86. The van der Waals surface area contributed by atoms with Gasteiger partial charge in [0.15, 0.2) is 5.78 Å². The van der Waals surface area contributed by atoms with Crippen molar-refractivity contribution in [2.45, 2.75) is 52.1 Å². The molecule has 0 amide bonds. The first-order chi connectivity index (χ1) is 11.8. The van der Waals surface area contributed by atoms with Crippen LogP contribution in [0.3, 0.4) is 0 Å². The van der Waals surface area contributed by atoms with Crippen LogP contribution in [0.4, 0.5) is 0 Å². The summed E-state index contributed by atoms with van der Waals surface area (Å²) in [6, 6.07) is 0. The minimum absolute atomic E-state index is 0.0992. The van der Waals surface area contributed by atoms with Crippen LogP contribution in [0.1, 0.15) is 46.0 Å². The molecule has 136 valence electrons. The number of aliphatic hydroxyl groups is 2. The van der Waals surface area contributed by atoms with E-state index in [9.17, 15) is 19.8 Å². The van der Waals surface area contributed by atoms with Crippen LogP contribution in [-0.4, -0.2) is 34.5 Å². The van der Waals surface area contributed by atoms with Gasteiger partial charge in [-0.1, -0.05) is 26.0 Å². The van der Waals surface area contributed by atoms with E-state index in [4.69, 9.17) is 0 Å². The predicted octanol–water partition coefficient (Wildman–Crippen LogP) is 2.44. The summed E-state index contributed by atoms with van der Waals surface area (Å²) < 4.78 is 0. The number of ketones is 2. The maximum atomic E-state index is 13.3. The third-order valence-corrected chi connectivity index (χ3v) is 8.10. The van der Waals surface area contributed by atoms with Crippen molar-refractivity contribution in [3.05, 3.63) is 23.8 Å². The number of fused-ring (bicyclic) bond motifs is 5. The standard InChI is InChI=1S/C21H28O4/c1-20-8-7-13(23)9-12(20)3-4-14-15-5-6-16(18(24)11-22)21(15,2)19(25)10-17(14)20/h3-4,9,14-18,22,24H,5-8,10-11H2,1-2H3/t14-,15-,16+,17+,18+,20-,21-/m0/s1. The highest BCUT2D eigenvalue weighted by molar-refractivity contribution is 5.92. The lowest BCUT2D eigenvalue weighted by Gasteiger charge is -2.55. The largest absolute Gasteiger partial charge is 0.394 e. The van der Waals surface area contributed by atoms with Crippen molar-refractivity contribution < 1.29 is 19.8 Å². The lowest BCUT2D eigenvalue weighted by molar-refractivity contribution is -0.147. The highest BCUT2D eigenvalue weighted by atomic mass is 16.3. The van der Waals surface area contributed by atoms with Gasteiger partial charge in [-0.2, -0.15) is 0 Å². The molecule has 25 heavy (non-hydrogen) atoms. The highest BCUT2D eigenvalue weighted by Crippen LogP contribution is 2.64. The fourth-order valence-corrected chi connectivity index (χ4v) is 6.50. The number of allylic oxidation sites excluding steroid dienone is 4. The van der Waals surface area contributed by atoms with E-state index in [-0.39, 0.29) is 41.3 Å². The maximum absolute atomic E-state index is 13.3. The number of carbonyl (C=O) groups excluding carboxylic acids is 2. The van der Waals surface area contributed by atoms with Crippen LogP contribution >= 0.6 is 0 Å². The molecule has 7 atom stereocenters. The average molecular weight is 344 g/mol. The van der Waals surface area contributed by atoms with E-state index in [1.165, 1.54) is 0 Å². The molecule has 0 spiro atoms. The Hall–Kier alpha value is -1.26. The molecule has 0 bridgehead atoms. The summed E-state index contributed by atoms with van der Waals surface area (Å²) in [5.74, 6) is 1.05. The number of hydrogen-bond donors (Lipinski definition) is 2. The van der Waals surface area contributed by atoms with E-state index in [2.05, 4.69) is 19.1 Å². The van der Waals surface area contributed by atoms with Gasteiger partial charge in [0.1, 0.15) is 5.78 Å². The SMILES string of the molecule is C[C@]12C(=O)C[C@@H]3[C@@H](C=CC4=CC(=O)CC[C@@]43C)[C@@H]1CC[C@@H]2[C@H](O)CO. The number of aliphatic hydroxyl groups excluding tert-OH is 2. The molecular weight excluding hydrogens is 316 g/mol. The molecule has 4 heteroatoms. The quantitative estimate of drug-likeness (QED) is 0.807. The van der Waals surface area contributed by atoms with Gasteiger partial charge in [-0.15, -0.1) is 0 Å². The van der Waals surface area contributed by atoms with E-state index < -0.39 is 11.5 Å². The Balaban J connectivity index is 1.75. The van der Waals surface area contributed by atoms with Crippen molar-refractivity contribution in [2.75, 3.05) is 6.61 Å². The average Bonchev–Trinajstić information content (AvgIpc) is 2.95. The van der Waals surface area contributed by atoms with Gasteiger partial charge in [0, 0.05) is 18.3 Å². The van der Waals surface area contributed by atoms with Gasteiger partial charge in [-0.25, -0.2) is 0 Å².